The largest absolute Gasteiger partial charge is 0.368 e. The van der Waals surface area contributed by atoms with Gasteiger partial charge in [-0.05, 0) is 39.3 Å². The number of nitrogens with zero attached hydrogens (tertiary/aromatic N) is 3. The summed E-state index contributed by atoms with van der Waals surface area (Å²) < 4.78 is 0. The normalized spacial score (nSPS) is 18.6. The number of aromatic nitrogens is 2. The van der Waals surface area contributed by atoms with Crippen LogP contribution in [0.5, 0.6) is 0 Å². The van der Waals surface area contributed by atoms with Gasteiger partial charge in [-0.3, -0.25) is 4.90 Å². The number of nitrogens with one attached hydrogen (secondary N) is 1. The maximum Gasteiger partial charge on any atom is 0.129 e. The summed E-state index contributed by atoms with van der Waals surface area (Å²) in [7, 11) is 0. The van der Waals surface area contributed by atoms with Crippen molar-refractivity contribution in [1.29, 1.82) is 0 Å². The summed E-state index contributed by atoms with van der Waals surface area (Å²) in [6.45, 7) is 7.85. The van der Waals surface area contributed by atoms with Crippen molar-refractivity contribution in [3.63, 3.8) is 0 Å². The van der Waals surface area contributed by atoms with E-state index >= 15 is 0 Å². The van der Waals surface area contributed by atoms with E-state index in [-0.39, 0.29) is 0 Å². The average molecular weight is 248 g/mol. The van der Waals surface area contributed by atoms with Crippen LogP contribution < -0.4 is 5.32 Å². The molecule has 4 heteroatoms. The maximum absolute atomic E-state index is 4.26. The molecule has 1 unspecified atom stereocenters. The lowest BCUT2D eigenvalue weighted by atomic mass is 10.1. The first-order valence-corrected chi connectivity index (χ1v) is 7.08. The minimum Gasteiger partial charge on any atom is -0.368 e. The summed E-state index contributed by atoms with van der Waals surface area (Å²) in [5.74, 6) is 0.950. The molecule has 1 aromatic heterocycles. The maximum atomic E-state index is 4.26. The standard InChI is InChI=1S/C14H24N4/c1-3-13-9-14(17-11-16-13)15-10-12(2)18-7-5-4-6-8-18/h9,11-12H,3-8,10H2,1-2H3,(H,15,16,17). The predicted octanol–water partition coefficient (Wildman–Crippen LogP) is 2.33. The molecule has 2 heterocycles. The van der Waals surface area contributed by atoms with Crippen molar-refractivity contribution in [1.82, 2.24) is 14.9 Å². The minimum atomic E-state index is 0.574. The number of aryl methyl sites for hydroxylation is 1. The molecule has 1 saturated heterocycles. The second-order valence-electron chi connectivity index (χ2n) is 5.07. The fourth-order valence-corrected chi connectivity index (χ4v) is 2.43. The first-order valence-electron chi connectivity index (χ1n) is 7.08. The third-order valence-electron chi connectivity index (χ3n) is 3.68. The monoisotopic (exact) mass is 248 g/mol. The van der Waals surface area contributed by atoms with Gasteiger partial charge in [-0.1, -0.05) is 13.3 Å². The Labute approximate surface area is 110 Å². The second-order valence-corrected chi connectivity index (χ2v) is 5.07. The van der Waals surface area contributed by atoms with Crippen LogP contribution in [0.2, 0.25) is 0 Å². The molecule has 0 radical (unpaired) electrons. The first kappa shape index (κ1) is 13.3. The highest BCUT2D eigenvalue weighted by atomic mass is 15.2. The van der Waals surface area contributed by atoms with Gasteiger partial charge in [0, 0.05) is 24.3 Å². The zero-order chi connectivity index (χ0) is 12.8. The van der Waals surface area contributed by atoms with Crippen LogP contribution in [0.3, 0.4) is 0 Å². The molecule has 1 N–H and O–H groups in total. The SMILES string of the molecule is CCc1cc(NCC(C)N2CCCCC2)ncn1. The van der Waals surface area contributed by atoms with Gasteiger partial charge in [-0.25, -0.2) is 9.97 Å². The lowest BCUT2D eigenvalue weighted by molar-refractivity contribution is 0.180. The van der Waals surface area contributed by atoms with Crippen molar-refractivity contribution in [2.24, 2.45) is 0 Å². The van der Waals surface area contributed by atoms with E-state index in [9.17, 15) is 0 Å². The Morgan fingerprint density at radius 2 is 2.06 bits per heavy atom. The van der Waals surface area contributed by atoms with Gasteiger partial charge in [0.15, 0.2) is 0 Å². The Morgan fingerprint density at radius 3 is 2.78 bits per heavy atom. The summed E-state index contributed by atoms with van der Waals surface area (Å²) in [6.07, 6.45) is 6.68. The summed E-state index contributed by atoms with van der Waals surface area (Å²) in [5.41, 5.74) is 1.10. The molecule has 0 spiro atoms. The lowest BCUT2D eigenvalue weighted by Crippen LogP contribution is -2.41. The fourth-order valence-electron chi connectivity index (χ4n) is 2.43. The molecular formula is C14H24N4. The first-order chi connectivity index (χ1) is 8.79. The highest BCUT2D eigenvalue weighted by Crippen LogP contribution is 2.12. The van der Waals surface area contributed by atoms with Crippen molar-refractivity contribution in [2.75, 3.05) is 25.0 Å². The summed E-state index contributed by atoms with van der Waals surface area (Å²) in [6, 6.07) is 2.62. The smallest absolute Gasteiger partial charge is 0.129 e. The predicted molar refractivity (Wildman–Crippen MR) is 74.8 cm³/mol. The number of hydrogen-bond acceptors (Lipinski definition) is 4. The van der Waals surface area contributed by atoms with Gasteiger partial charge in [0.25, 0.3) is 0 Å². The highest BCUT2D eigenvalue weighted by Gasteiger charge is 2.16. The number of rotatable bonds is 5. The summed E-state index contributed by atoms with van der Waals surface area (Å²) >= 11 is 0. The molecule has 1 fully saturated rings. The Morgan fingerprint density at radius 1 is 1.28 bits per heavy atom. The van der Waals surface area contributed by atoms with Crippen molar-refractivity contribution in [3.05, 3.63) is 18.1 Å². The summed E-state index contributed by atoms with van der Waals surface area (Å²) in [5, 5.41) is 3.42. The molecule has 100 valence electrons. The summed E-state index contributed by atoms with van der Waals surface area (Å²) in [4.78, 5) is 11.0. The molecule has 1 aromatic rings. The van der Waals surface area contributed by atoms with Crippen LogP contribution in [0.25, 0.3) is 0 Å². The van der Waals surface area contributed by atoms with E-state index in [1.165, 1.54) is 32.4 Å². The molecule has 2 rings (SSSR count). The quantitative estimate of drug-likeness (QED) is 0.868. The number of anilines is 1. The second kappa shape index (κ2) is 6.69. The minimum absolute atomic E-state index is 0.574. The van der Waals surface area contributed by atoms with Crippen LogP contribution in [0, 0.1) is 0 Å². The molecule has 0 aromatic carbocycles. The molecule has 1 atom stereocenters. The molecule has 0 aliphatic carbocycles. The molecule has 0 bridgehead atoms. The Balaban J connectivity index is 1.82. The fraction of sp³-hybridized carbons (Fsp3) is 0.714. The zero-order valence-electron chi connectivity index (χ0n) is 11.5. The number of likely N-dealkylation sites (tertiary alicyclic amines) is 1. The Bertz CT molecular complexity index is 361. The molecule has 0 saturated carbocycles. The van der Waals surface area contributed by atoms with E-state index in [1.54, 1.807) is 6.33 Å². The van der Waals surface area contributed by atoms with Crippen molar-refractivity contribution in [3.8, 4) is 0 Å². The average Bonchev–Trinajstić information content (AvgIpc) is 2.46. The molecule has 1 aliphatic rings. The van der Waals surface area contributed by atoms with Crippen LogP contribution in [0.4, 0.5) is 5.82 Å². The van der Waals surface area contributed by atoms with E-state index in [1.807, 2.05) is 6.07 Å². The van der Waals surface area contributed by atoms with Crippen LogP contribution in [-0.2, 0) is 6.42 Å². The van der Waals surface area contributed by atoms with Crippen LogP contribution in [0.15, 0.2) is 12.4 Å². The molecular weight excluding hydrogens is 224 g/mol. The number of piperidine rings is 1. The third kappa shape index (κ3) is 3.67. The van der Waals surface area contributed by atoms with Crippen molar-refractivity contribution < 1.29 is 0 Å². The third-order valence-corrected chi connectivity index (χ3v) is 3.68. The van der Waals surface area contributed by atoms with Gasteiger partial charge in [-0.2, -0.15) is 0 Å². The van der Waals surface area contributed by atoms with E-state index in [0.29, 0.717) is 6.04 Å². The van der Waals surface area contributed by atoms with Crippen molar-refractivity contribution in [2.45, 2.75) is 45.6 Å². The Hall–Kier alpha value is -1.16. The molecule has 18 heavy (non-hydrogen) atoms. The van der Waals surface area contributed by atoms with Crippen LogP contribution >= 0.6 is 0 Å². The highest BCUT2D eigenvalue weighted by molar-refractivity contribution is 5.34. The zero-order valence-corrected chi connectivity index (χ0v) is 11.5. The van der Waals surface area contributed by atoms with Gasteiger partial charge in [0.05, 0.1) is 0 Å². The number of hydrogen-bond donors (Lipinski definition) is 1. The van der Waals surface area contributed by atoms with Gasteiger partial charge < -0.3 is 5.32 Å². The van der Waals surface area contributed by atoms with Gasteiger partial charge >= 0.3 is 0 Å². The van der Waals surface area contributed by atoms with Crippen molar-refractivity contribution >= 4 is 5.82 Å². The van der Waals surface area contributed by atoms with Crippen LogP contribution in [-0.4, -0.2) is 40.5 Å². The molecule has 0 amide bonds. The van der Waals surface area contributed by atoms with Gasteiger partial charge in [0.2, 0.25) is 0 Å². The van der Waals surface area contributed by atoms with Gasteiger partial charge in [-0.15, -0.1) is 0 Å². The lowest BCUT2D eigenvalue weighted by Gasteiger charge is -2.32. The van der Waals surface area contributed by atoms with Gasteiger partial charge in [0.1, 0.15) is 12.1 Å². The van der Waals surface area contributed by atoms with E-state index in [2.05, 4.69) is 34.0 Å². The Kier molecular flexibility index (Phi) is 4.93. The molecule has 4 nitrogen and oxygen atoms in total. The topological polar surface area (TPSA) is 41.0 Å². The van der Waals surface area contributed by atoms with E-state index in [0.717, 1.165) is 24.5 Å². The van der Waals surface area contributed by atoms with E-state index in [4.69, 9.17) is 0 Å². The van der Waals surface area contributed by atoms with E-state index < -0.39 is 0 Å². The molecule has 1 aliphatic heterocycles. The van der Waals surface area contributed by atoms with Crippen LogP contribution in [0.1, 0.15) is 38.8 Å².